The molecule has 1 N–H and O–H groups in total. The van der Waals surface area contributed by atoms with Crippen LogP contribution in [0.5, 0.6) is 17.2 Å². The van der Waals surface area contributed by atoms with Gasteiger partial charge in [-0.15, -0.1) is 0 Å². The minimum Gasteiger partial charge on any atom is -0.496 e. The van der Waals surface area contributed by atoms with E-state index in [0.717, 1.165) is 0 Å². The van der Waals surface area contributed by atoms with Crippen molar-refractivity contribution in [3.63, 3.8) is 0 Å². The fraction of sp³-hybridized carbons (Fsp3) is 0.385. The van der Waals surface area contributed by atoms with E-state index in [1.165, 1.54) is 7.11 Å². The van der Waals surface area contributed by atoms with Crippen LogP contribution in [0.2, 0.25) is 0 Å². The smallest absolute Gasteiger partial charge is 0.315 e. The Balaban J connectivity index is 2.13. The van der Waals surface area contributed by atoms with Crippen molar-refractivity contribution in [3.8, 4) is 17.2 Å². The average Bonchev–Trinajstić information content (AvgIpc) is 2.79. The third-order valence-electron chi connectivity index (χ3n) is 3.62. The number of ketones is 1. The maximum atomic E-state index is 11.5. The summed E-state index contributed by atoms with van der Waals surface area (Å²) in [5.41, 5.74) is -0.741. The molecule has 0 radical (unpaired) electrons. The topological polar surface area (TPSA) is 82.1 Å². The summed E-state index contributed by atoms with van der Waals surface area (Å²) in [5, 5.41) is 9.44. The summed E-state index contributed by atoms with van der Waals surface area (Å²) in [7, 11) is 1.46. The van der Waals surface area contributed by atoms with Crippen LogP contribution in [0, 0.1) is 0 Å². The van der Waals surface area contributed by atoms with E-state index < -0.39 is 11.4 Å². The summed E-state index contributed by atoms with van der Waals surface area (Å²) in [4.78, 5) is 22.8. The molecule has 0 unspecified atom stereocenters. The Morgan fingerprint density at radius 2 is 1.95 bits per heavy atom. The molecule has 1 aliphatic carbocycles. The molecule has 1 aromatic rings. The lowest BCUT2D eigenvalue weighted by atomic mass is 9.63. The number of carbonyl (C=O) groups is 2. The van der Waals surface area contributed by atoms with E-state index in [9.17, 15) is 14.7 Å². The number of rotatable bonds is 3. The van der Waals surface area contributed by atoms with Crippen LogP contribution in [0.3, 0.4) is 0 Å². The van der Waals surface area contributed by atoms with E-state index in [4.69, 9.17) is 14.2 Å². The largest absolute Gasteiger partial charge is 0.496 e. The molecule has 100 valence electrons. The summed E-state index contributed by atoms with van der Waals surface area (Å²) in [5.74, 6) is 0.313. The number of benzene rings is 1. The number of methoxy groups -OCH3 is 1. The van der Waals surface area contributed by atoms with Crippen LogP contribution in [0.1, 0.15) is 18.4 Å². The number of hydrogen-bond donors (Lipinski definition) is 1. The van der Waals surface area contributed by atoms with Gasteiger partial charge in [0, 0.05) is 24.5 Å². The van der Waals surface area contributed by atoms with Crippen LogP contribution in [0.25, 0.3) is 0 Å². The average molecular weight is 264 g/mol. The lowest BCUT2D eigenvalue weighted by Gasteiger charge is -2.37. The van der Waals surface area contributed by atoms with Crippen molar-refractivity contribution in [2.45, 2.75) is 18.3 Å². The lowest BCUT2D eigenvalue weighted by Crippen LogP contribution is -2.48. The number of aliphatic carboxylic acids is 1. The van der Waals surface area contributed by atoms with Crippen molar-refractivity contribution in [2.24, 2.45) is 0 Å². The Kier molecular flexibility index (Phi) is 2.41. The first kappa shape index (κ1) is 11.8. The van der Waals surface area contributed by atoms with Crippen molar-refractivity contribution in [1.82, 2.24) is 0 Å². The molecular formula is C13H12O6. The fourth-order valence-corrected chi connectivity index (χ4v) is 2.54. The Hall–Kier alpha value is -2.24. The second-order valence-corrected chi connectivity index (χ2v) is 4.69. The standard InChI is InChI=1S/C13H12O6/c1-17-9-3-11-10(18-6-19-11)2-8(9)13(12(15)16)4-7(14)5-13/h2-3H,4-6H2,1H3,(H,15,16). The second-order valence-electron chi connectivity index (χ2n) is 4.69. The zero-order chi connectivity index (χ0) is 13.6. The molecule has 19 heavy (non-hydrogen) atoms. The van der Waals surface area contributed by atoms with Crippen LogP contribution in [0.4, 0.5) is 0 Å². The number of fused-ring (bicyclic) bond motifs is 1. The summed E-state index contributed by atoms with van der Waals surface area (Å²) >= 11 is 0. The number of Topliss-reactive ketones (excluding diaryl/α,β-unsaturated/α-hetero) is 1. The number of carbonyl (C=O) groups excluding carboxylic acids is 1. The first-order valence-corrected chi connectivity index (χ1v) is 5.80. The predicted octanol–water partition coefficient (Wildman–Crippen LogP) is 1.11. The van der Waals surface area contributed by atoms with Crippen LogP contribution < -0.4 is 14.2 Å². The third-order valence-corrected chi connectivity index (χ3v) is 3.62. The molecule has 1 fully saturated rings. The molecule has 1 heterocycles. The van der Waals surface area contributed by atoms with Gasteiger partial charge in [0.15, 0.2) is 11.5 Å². The van der Waals surface area contributed by atoms with Crippen molar-refractivity contribution < 1.29 is 28.9 Å². The van der Waals surface area contributed by atoms with Gasteiger partial charge in [0.25, 0.3) is 0 Å². The summed E-state index contributed by atoms with van der Waals surface area (Å²) in [6.45, 7) is 0.0982. The molecule has 0 spiro atoms. The van der Waals surface area contributed by atoms with Crippen LogP contribution in [0.15, 0.2) is 12.1 Å². The molecule has 1 saturated carbocycles. The van der Waals surface area contributed by atoms with Gasteiger partial charge in [0.1, 0.15) is 16.9 Å². The maximum Gasteiger partial charge on any atom is 0.315 e. The molecule has 0 atom stereocenters. The number of carboxylic acid groups (broad SMARTS) is 1. The summed E-state index contributed by atoms with van der Waals surface area (Å²) < 4.78 is 15.7. The van der Waals surface area contributed by atoms with E-state index in [-0.39, 0.29) is 25.4 Å². The van der Waals surface area contributed by atoms with E-state index in [0.29, 0.717) is 22.8 Å². The van der Waals surface area contributed by atoms with Crippen molar-refractivity contribution >= 4 is 11.8 Å². The molecule has 0 bridgehead atoms. The SMILES string of the molecule is COc1cc2c(cc1C1(C(=O)O)CC(=O)C1)OCO2. The van der Waals surface area contributed by atoms with Crippen LogP contribution in [-0.2, 0) is 15.0 Å². The molecule has 2 aliphatic rings. The highest BCUT2D eigenvalue weighted by Crippen LogP contribution is 2.49. The van der Waals surface area contributed by atoms with Gasteiger partial charge in [-0.1, -0.05) is 0 Å². The second kappa shape index (κ2) is 3.88. The molecule has 6 heteroatoms. The Labute approximate surface area is 108 Å². The summed E-state index contributed by atoms with van der Waals surface area (Å²) in [6.07, 6.45) is -0.0311. The molecule has 6 nitrogen and oxygen atoms in total. The monoisotopic (exact) mass is 264 g/mol. The van der Waals surface area contributed by atoms with Crippen molar-refractivity contribution in [3.05, 3.63) is 17.7 Å². The highest BCUT2D eigenvalue weighted by atomic mass is 16.7. The van der Waals surface area contributed by atoms with Crippen molar-refractivity contribution in [1.29, 1.82) is 0 Å². The van der Waals surface area contributed by atoms with E-state index in [1.807, 2.05) is 0 Å². The molecular weight excluding hydrogens is 252 g/mol. The molecule has 0 amide bonds. The van der Waals surface area contributed by atoms with Gasteiger partial charge >= 0.3 is 5.97 Å². The van der Waals surface area contributed by atoms with E-state index in [1.54, 1.807) is 12.1 Å². The number of carboxylic acids is 1. The zero-order valence-electron chi connectivity index (χ0n) is 10.3. The van der Waals surface area contributed by atoms with Gasteiger partial charge in [0.2, 0.25) is 6.79 Å². The summed E-state index contributed by atoms with van der Waals surface area (Å²) in [6, 6.07) is 3.20. The Bertz CT molecular complexity index is 569. The van der Waals surface area contributed by atoms with E-state index in [2.05, 4.69) is 0 Å². The molecule has 3 rings (SSSR count). The van der Waals surface area contributed by atoms with Gasteiger partial charge in [0.05, 0.1) is 7.11 Å². The quantitative estimate of drug-likeness (QED) is 0.880. The first-order chi connectivity index (χ1) is 9.06. The Morgan fingerprint density at radius 1 is 1.32 bits per heavy atom. The zero-order valence-corrected chi connectivity index (χ0v) is 10.3. The maximum absolute atomic E-state index is 11.5. The number of ether oxygens (including phenoxy) is 3. The predicted molar refractivity (Wildman–Crippen MR) is 62.7 cm³/mol. The van der Waals surface area contributed by atoms with Gasteiger partial charge in [-0.05, 0) is 6.07 Å². The molecule has 0 saturated heterocycles. The van der Waals surface area contributed by atoms with Crippen LogP contribution in [-0.4, -0.2) is 30.8 Å². The highest BCUT2D eigenvalue weighted by Gasteiger charge is 2.53. The van der Waals surface area contributed by atoms with Gasteiger partial charge < -0.3 is 19.3 Å². The lowest BCUT2D eigenvalue weighted by molar-refractivity contribution is -0.153. The van der Waals surface area contributed by atoms with Gasteiger partial charge in [-0.25, -0.2) is 0 Å². The van der Waals surface area contributed by atoms with Crippen LogP contribution >= 0.6 is 0 Å². The number of hydrogen-bond acceptors (Lipinski definition) is 5. The van der Waals surface area contributed by atoms with E-state index >= 15 is 0 Å². The molecule has 1 aliphatic heterocycles. The normalized spacial score (nSPS) is 18.9. The molecule has 0 aromatic heterocycles. The Morgan fingerprint density at radius 3 is 2.47 bits per heavy atom. The first-order valence-electron chi connectivity index (χ1n) is 5.80. The third kappa shape index (κ3) is 1.56. The van der Waals surface area contributed by atoms with Gasteiger partial charge in [-0.2, -0.15) is 0 Å². The molecule has 1 aromatic carbocycles. The van der Waals surface area contributed by atoms with Crippen molar-refractivity contribution in [2.75, 3.05) is 13.9 Å². The highest BCUT2D eigenvalue weighted by molar-refractivity contribution is 6.02. The fourth-order valence-electron chi connectivity index (χ4n) is 2.54. The minimum atomic E-state index is -1.20. The van der Waals surface area contributed by atoms with Gasteiger partial charge in [-0.3, -0.25) is 9.59 Å². The minimum absolute atomic E-state index is 0.0155.